The summed E-state index contributed by atoms with van der Waals surface area (Å²) in [6.07, 6.45) is 2.40. The third-order valence-electron chi connectivity index (χ3n) is 5.98. The fourth-order valence-electron chi connectivity index (χ4n) is 3.95. The van der Waals surface area contributed by atoms with E-state index in [1.54, 1.807) is 12.1 Å². The van der Waals surface area contributed by atoms with Gasteiger partial charge < -0.3 is 10.2 Å². The molecule has 1 aromatic heterocycles. The van der Waals surface area contributed by atoms with Gasteiger partial charge in [-0.2, -0.15) is 4.68 Å². The van der Waals surface area contributed by atoms with Crippen LogP contribution in [0.1, 0.15) is 30.9 Å². The minimum atomic E-state index is -0.211. The van der Waals surface area contributed by atoms with Crippen molar-refractivity contribution in [1.82, 2.24) is 9.78 Å². The summed E-state index contributed by atoms with van der Waals surface area (Å²) in [5, 5.41) is 8.22. The summed E-state index contributed by atoms with van der Waals surface area (Å²) in [6.45, 7) is 5.42. The molecule has 7 heteroatoms. The molecule has 2 heterocycles. The van der Waals surface area contributed by atoms with Crippen molar-refractivity contribution in [2.45, 2.75) is 33.1 Å². The van der Waals surface area contributed by atoms with Gasteiger partial charge in [-0.15, -0.1) is 5.10 Å². The van der Waals surface area contributed by atoms with Gasteiger partial charge >= 0.3 is 0 Å². The van der Waals surface area contributed by atoms with Crippen LogP contribution >= 0.6 is 11.6 Å². The van der Waals surface area contributed by atoms with Crippen molar-refractivity contribution in [3.63, 3.8) is 0 Å². The van der Waals surface area contributed by atoms with Crippen LogP contribution in [0.25, 0.3) is 5.69 Å². The number of piperidine rings is 1. The van der Waals surface area contributed by atoms with E-state index in [1.807, 2.05) is 37.3 Å². The number of anilines is 2. The lowest BCUT2D eigenvalue weighted by atomic mass is 9.95. The Labute approximate surface area is 192 Å². The molecule has 0 unspecified atom stereocenters. The minimum absolute atomic E-state index is 0.0432. The number of rotatable bonds is 5. The SMILES string of the molecule is CCc1cccc(NC(=O)C2CCN(c3ccc(=O)n(-c4ccc(C)c(Cl)c4)n3)CC2)c1. The van der Waals surface area contributed by atoms with Crippen LogP contribution in [0.4, 0.5) is 11.5 Å². The number of nitrogens with zero attached hydrogens (tertiary/aromatic N) is 3. The zero-order valence-electron chi connectivity index (χ0n) is 18.3. The molecule has 1 amide bonds. The molecule has 0 aliphatic carbocycles. The second kappa shape index (κ2) is 9.57. The highest BCUT2D eigenvalue weighted by Crippen LogP contribution is 2.24. The predicted molar refractivity (Wildman–Crippen MR) is 129 cm³/mol. The Morgan fingerprint density at radius 3 is 2.62 bits per heavy atom. The van der Waals surface area contributed by atoms with Gasteiger partial charge in [0.05, 0.1) is 5.69 Å². The fourth-order valence-corrected chi connectivity index (χ4v) is 4.13. The molecule has 0 radical (unpaired) electrons. The first-order chi connectivity index (χ1) is 15.4. The fraction of sp³-hybridized carbons (Fsp3) is 0.320. The van der Waals surface area contributed by atoms with Gasteiger partial charge in [-0.1, -0.05) is 36.7 Å². The Balaban J connectivity index is 1.43. The maximum absolute atomic E-state index is 12.8. The van der Waals surface area contributed by atoms with Crippen molar-refractivity contribution < 1.29 is 4.79 Å². The van der Waals surface area contributed by atoms with Gasteiger partial charge in [-0.05, 0) is 67.6 Å². The first-order valence-electron chi connectivity index (χ1n) is 11.0. The third-order valence-corrected chi connectivity index (χ3v) is 6.39. The second-order valence-corrected chi connectivity index (χ2v) is 8.59. The Kier molecular flexibility index (Phi) is 6.61. The molecule has 1 fully saturated rings. The minimum Gasteiger partial charge on any atom is -0.355 e. The molecule has 0 spiro atoms. The van der Waals surface area contributed by atoms with Gasteiger partial charge in [0.15, 0.2) is 0 Å². The summed E-state index contributed by atoms with van der Waals surface area (Å²) in [5.74, 6) is 0.735. The quantitative estimate of drug-likeness (QED) is 0.616. The topological polar surface area (TPSA) is 67.2 Å². The van der Waals surface area contributed by atoms with E-state index >= 15 is 0 Å². The van der Waals surface area contributed by atoms with Crippen LogP contribution in [0.15, 0.2) is 59.4 Å². The van der Waals surface area contributed by atoms with Gasteiger partial charge in [0.25, 0.3) is 5.56 Å². The molecule has 166 valence electrons. The lowest BCUT2D eigenvalue weighted by Gasteiger charge is -2.32. The van der Waals surface area contributed by atoms with Crippen LogP contribution in [0.5, 0.6) is 0 Å². The lowest BCUT2D eigenvalue weighted by Crippen LogP contribution is -2.39. The highest BCUT2D eigenvalue weighted by atomic mass is 35.5. The Bertz CT molecular complexity index is 1180. The number of amides is 1. The van der Waals surface area contributed by atoms with Crippen molar-refractivity contribution in [3.8, 4) is 5.69 Å². The smallest absolute Gasteiger partial charge is 0.271 e. The van der Waals surface area contributed by atoms with E-state index in [4.69, 9.17) is 11.6 Å². The molecule has 1 aliphatic rings. The number of aromatic nitrogens is 2. The molecule has 0 saturated carbocycles. The molecule has 1 aliphatic heterocycles. The first-order valence-corrected chi connectivity index (χ1v) is 11.3. The van der Waals surface area contributed by atoms with Crippen molar-refractivity contribution in [1.29, 1.82) is 0 Å². The monoisotopic (exact) mass is 450 g/mol. The third kappa shape index (κ3) is 4.86. The summed E-state index contributed by atoms with van der Waals surface area (Å²) < 4.78 is 1.38. The van der Waals surface area contributed by atoms with Gasteiger partial charge in [0.2, 0.25) is 5.91 Å². The van der Waals surface area contributed by atoms with Crippen molar-refractivity contribution in [3.05, 3.63) is 81.1 Å². The summed E-state index contributed by atoms with van der Waals surface area (Å²) in [5.41, 5.74) is 3.42. The van der Waals surface area contributed by atoms with Gasteiger partial charge in [-0.3, -0.25) is 9.59 Å². The standard InChI is InChI=1S/C25H27ClN4O2/c1-3-18-5-4-6-20(15-18)27-25(32)19-11-13-29(14-12-19)23-9-10-24(31)30(28-23)21-8-7-17(2)22(26)16-21/h4-10,15-16,19H,3,11-14H2,1-2H3,(H,27,32). The van der Waals surface area contributed by atoms with E-state index in [1.165, 1.54) is 16.3 Å². The van der Waals surface area contributed by atoms with Crippen LogP contribution < -0.4 is 15.8 Å². The molecule has 32 heavy (non-hydrogen) atoms. The molecule has 0 bridgehead atoms. The van der Waals surface area contributed by atoms with E-state index in [0.29, 0.717) is 23.8 Å². The summed E-state index contributed by atoms with van der Waals surface area (Å²) in [7, 11) is 0. The molecular formula is C25H27ClN4O2. The van der Waals surface area contributed by atoms with Crippen LogP contribution in [-0.2, 0) is 11.2 Å². The molecule has 6 nitrogen and oxygen atoms in total. The Morgan fingerprint density at radius 1 is 1.12 bits per heavy atom. The van der Waals surface area contributed by atoms with E-state index in [0.717, 1.165) is 36.3 Å². The van der Waals surface area contributed by atoms with Gasteiger partial charge in [0.1, 0.15) is 5.82 Å². The largest absolute Gasteiger partial charge is 0.355 e. The average molecular weight is 451 g/mol. The maximum atomic E-state index is 12.8. The van der Waals surface area contributed by atoms with E-state index in [-0.39, 0.29) is 17.4 Å². The normalized spacial score (nSPS) is 14.4. The molecule has 0 atom stereocenters. The van der Waals surface area contributed by atoms with E-state index in [2.05, 4.69) is 28.3 Å². The van der Waals surface area contributed by atoms with E-state index < -0.39 is 0 Å². The van der Waals surface area contributed by atoms with Gasteiger partial charge in [0, 0.05) is 35.8 Å². The number of carbonyl (C=O) groups excluding carboxylic acids is 1. The maximum Gasteiger partial charge on any atom is 0.271 e. The molecular weight excluding hydrogens is 424 g/mol. The molecule has 3 aromatic rings. The number of carbonyl (C=O) groups is 1. The summed E-state index contributed by atoms with van der Waals surface area (Å²) in [4.78, 5) is 27.3. The van der Waals surface area contributed by atoms with E-state index in [9.17, 15) is 9.59 Å². The van der Waals surface area contributed by atoms with Crippen LogP contribution in [0, 0.1) is 12.8 Å². The number of nitrogens with one attached hydrogen (secondary N) is 1. The molecule has 4 rings (SSSR count). The number of aryl methyl sites for hydroxylation is 2. The van der Waals surface area contributed by atoms with Crippen molar-refractivity contribution >= 4 is 29.0 Å². The zero-order chi connectivity index (χ0) is 22.7. The summed E-state index contributed by atoms with van der Waals surface area (Å²) >= 11 is 6.23. The number of benzene rings is 2. The zero-order valence-corrected chi connectivity index (χ0v) is 19.1. The summed E-state index contributed by atoms with van der Waals surface area (Å²) in [6, 6.07) is 16.7. The number of hydrogen-bond acceptors (Lipinski definition) is 4. The second-order valence-electron chi connectivity index (χ2n) is 8.18. The van der Waals surface area contributed by atoms with Gasteiger partial charge in [-0.25, -0.2) is 0 Å². The first kappa shape index (κ1) is 22.1. The number of hydrogen-bond donors (Lipinski definition) is 1. The van der Waals surface area contributed by atoms with Crippen LogP contribution in [-0.4, -0.2) is 28.8 Å². The lowest BCUT2D eigenvalue weighted by molar-refractivity contribution is -0.120. The molecule has 1 N–H and O–H groups in total. The van der Waals surface area contributed by atoms with Crippen LogP contribution in [0.2, 0.25) is 5.02 Å². The highest BCUT2D eigenvalue weighted by molar-refractivity contribution is 6.31. The van der Waals surface area contributed by atoms with Crippen molar-refractivity contribution in [2.75, 3.05) is 23.3 Å². The predicted octanol–water partition coefficient (Wildman–Crippen LogP) is 4.61. The number of halogens is 1. The average Bonchev–Trinajstić information content (AvgIpc) is 2.81. The molecule has 1 saturated heterocycles. The van der Waals surface area contributed by atoms with Crippen molar-refractivity contribution in [2.24, 2.45) is 5.92 Å². The Morgan fingerprint density at radius 2 is 1.91 bits per heavy atom. The molecule has 2 aromatic carbocycles. The Hall–Kier alpha value is -3.12. The van der Waals surface area contributed by atoms with Crippen LogP contribution in [0.3, 0.4) is 0 Å². The highest BCUT2D eigenvalue weighted by Gasteiger charge is 2.26.